The molecular weight excluding hydrogens is 240 g/mol. The van der Waals surface area contributed by atoms with E-state index in [9.17, 15) is 9.59 Å². The van der Waals surface area contributed by atoms with Crippen molar-refractivity contribution < 1.29 is 14.7 Å². The molecule has 0 unspecified atom stereocenters. The summed E-state index contributed by atoms with van der Waals surface area (Å²) in [6.07, 6.45) is 1.22. The fourth-order valence-electron chi connectivity index (χ4n) is 1.58. The second-order valence-electron chi connectivity index (χ2n) is 3.64. The maximum atomic E-state index is 12.0. The van der Waals surface area contributed by atoms with E-state index in [2.05, 4.69) is 4.98 Å². The molecule has 2 heterocycles. The lowest BCUT2D eigenvalue weighted by molar-refractivity contribution is 0.0693. The maximum Gasteiger partial charge on any atom is 0.337 e. The van der Waals surface area contributed by atoms with E-state index in [-0.39, 0.29) is 11.5 Å². The van der Waals surface area contributed by atoms with Crippen molar-refractivity contribution in [3.05, 3.63) is 29.6 Å². The van der Waals surface area contributed by atoms with E-state index in [4.69, 9.17) is 5.11 Å². The summed E-state index contributed by atoms with van der Waals surface area (Å²) in [4.78, 5) is 28.3. The first kappa shape index (κ1) is 11.9. The van der Waals surface area contributed by atoms with Gasteiger partial charge in [0.25, 0.3) is 5.91 Å². The Morgan fingerprint density at radius 3 is 2.53 bits per heavy atom. The second-order valence-corrected chi connectivity index (χ2v) is 4.87. The first-order valence-electron chi connectivity index (χ1n) is 5.25. The van der Waals surface area contributed by atoms with Gasteiger partial charge < -0.3 is 10.0 Å². The average molecular weight is 252 g/mol. The highest BCUT2D eigenvalue weighted by atomic mass is 32.2. The number of carboxylic acids is 1. The number of carbonyl (C=O) groups is 2. The molecule has 0 aliphatic carbocycles. The summed E-state index contributed by atoms with van der Waals surface area (Å²) in [5, 5.41) is 8.72. The number of pyridine rings is 1. The number of nitrogens with zero attached hydrogens (tertiary/aromatic N) is 2. The van der Waals surface area contributed by atoms with Crippen molar-refractivity contribution in [2.45, 2.75) is 0 Å². The lowest BCUT2D eigenvalue weighted by Crippen LogP contribution is -2.38. The molecule has 1 aromatic heterocycles. The molecule has 0 saturated carbocycles. The molecule has 6 heteroatoms. The van der Waals surface area contributed by atoms with Crippen LogP contribution < -0.4 is 0 Å². The number of amides is 1. The number of aromatic carboxylic acids is 1. The second kappa shape index (κ2) is 5.18. The van der Waals surface area contributed by atoms with Gasteiger partial charge in [0.15, 0.2) is 0 Å². The number of aromatic nitrogens is 1. The van der Waals surface area contributed by atoms with Gasteiger partial charge in [0, 0.05) is 30.8 Å². The molecular formula is C11H12N2O3S. The summed E-state index contributed by atoms with van der Waals surface area (Å²) in [6, 6.07) is 2.87. The molecule has 1 amide bonds. The first-order chi connectivity index (χ1) is 8.18. The van der Waals surface area contributed by atoms with E-state index in [1.54, 1.807) is 4.90 Å². The summed E-state index contributed by atoms with van der Waals surface area (Å²) in [7, 11) is 0. The van der Waals surface area contributed by atoms with Crippen LogP contribution in [-0.2, 0) is 0 Å². The van der Waals surface area contributed by atoms with Gasteiger partial charge in [0.2, 0.25) is 0 Å². The van der Waals surface area contributed by atoms with Crippen LogP contribution in [0.2, 0.25) is 0 Å². The van der Waals surface area contributed by atoms with Crippen LogP contribution in [0.1, 0.15) is 20.8 Å². The Morgan fingerprint density at radius 1 is 1.29 bits per heavy atom. The molecule has 17 heavy (non-hydrogen) atoms. The van der Waals surface area contributed by atoms with E-state index in [1.807, 2.05) is 11.8 Å². The number of hydrogen-bond donors (Lipinski definition) is 1. The Kier molecular flexibility index (Phi) is 3.63. The van der Waals surface area contributed by atoms with Crippen LogP contribution in [0.25, 0.3) is 0 Å². The number of carboxylic acid groups (broad SMARTS) is 1. The fraction of sp³-hybridized carbons (Fsp3) is 0.364. The van der Waals surface area contributed by atoms with Gasteiger partial charge >= 0.3 is 5.97 Å². The van der Waals surface area contributed by atoms with E-state index in [1.165, 1.54) is 18.3 Å². The molecule has 1 aliphatic heterocycles. The monoisotopic (exact) mass is 252 g/mol. The van der Waals surface area contributed by atoms with Crippen molar-refractivity contribution in [2.75, 3.05) is 24.6 Å². The van der Waals surface area contributed by atoms with Gasteiger partial charge in [0.1, 0.15) is 5.69 Å². The molecule has 1 N–H and O–H groups in total. The van der Waals surface area contributed by atoms with Crippen molar-refractivity contribution in [1.82, 2.24) is 9.88 Å². The van der Waals surface area contributed by atoms with Crippen molar-refractivity contribution in [3.8, 4) is 0 Å². The van der Waals surface area contributed by atoms with Crippen LogP contribution >= 0.6 is 11.8 Å². The van der Waals surface area contributed by atoms with Gasteiger partial charge in [-0.25, -0.2) is 4.79 Å². The first-order valence-corrected chi connectivity index (χ1v) is 6.40. The molecule has 2 rings (SSSR count). The normalized spacial score (nSPS) is 15.6. The highest BCUT2D eigenvalue weighted by Gasteiger charge is 2.19. The minimum Gasteiger partial charge on any atom is -0.478 e. The third-order valence-electron chi connectivity index (χ3n) is 2.53. The number of rotatable bonds is 2. The lowest BCUT2D eigenvalue weighted by atomic mass is 10.2. The molecule has 0 spiro atoms. The van der Waals surface area contributed by atoms with E-state index in [0.717, 1.165) is 24.6 Å². The van der Waals surface area contributed by atoms with Crippen LogP contribution in [0.4, 0.5) is 0 Å². The summed E-state index contributed by atoms with van der Waals surface area (Å²) in [5.74, 6) is 0.728. The Labute approximate surface area is 103 Å². The zero-order valence-electron chi connectivity index (χ0n) is 9.13. The Morgan fingerprint density at radius 2 is 2.00 bits per heavy atom. The molecule has 90 valence electrons. The lowest BCUT2D eigenvalue weighted by Gasteiger charge is -2.25. The molecule has 0 aromatic carbocycles. The highest BCUT2D eigenvalue weighted by molar-refractivity contribution is 7.99. The Hall–Kier alpha value is -1.56. The van der Waals surface area contributed by atoms with E-state index >= 15 is 0 Å². The zero-order valence-corrected chi connectivity index (χ0v) is 9.94. The van der Waals surface area contributed by atoms with Crippen LogP contribution in [-0.4, -0.2) is 51.5 Å². The number of carbonyl (C=O) groups excluding carboxylic acids is 1. The number of hydrogen-bond acceptors (Lipinski definition) is 4. The van der Waals surface area contributed by atoms with Crippen molar-refractivity contribution in [2.24, 2.45) is 0 Å². The third kappa shape index (κ3) is 2.76. The molecule has 1 fully saturated rings. The summed E-state index contributed by atoms with van der Waals surface area (Å²) >= 11 is 1.83. The summed E-state index contributed by atoms with van der Waals surface area (Å²) in [5.41, 5.74) is 0.401. The van der Waals surface area contributed by atoms with Gasteiger partial charge in [-0.2, -0.15) is 11.8 Å². The molecule has 0 radical (unpaired) electrons. The molecule has 0 atom stereocenters. The molecule has 5 nitrogen and oxygen atoms in total. The quantitative estimate of drug-likeness (QED) is 0.849. The third-order valence-corrected chi connectivity index (χ3v) is 3.47. The van der Waals surface area contributed by atoms with Gasteiger partial charge in [-0.05, 0) is 12.1 Å². The average Bonchev–Trinajstić information content (AvgIpc) is 2.39. The van der Waals surface area contributed by atoms with Gasteiger partial charge in [0.05, 0.1) is 5.56 Å². The molecule has 1 aromatic rings. The topological polar surface area (TPSA) is 70.5 Å². The zero-order chi connectivity index (χ0) is 12.3. The van der Waals surface area contributed by atoms with Crippen LogP contribution in [0, 0.1) is 0 Å². The molecule has 1 saturated heterocycles. The van der Waals surface area contributed by atoms with Crippen molar-refractivity contribution in [1.29, 1.82) is 0 Å². The molecule has 0 bridgehead atoms. The van der Waals surface area contributed by atoms with Gasteiger partial charge in [-0.1, -0.05) is 0 Å². The number of thioether (sulfide) groups is 1. The minimum absolute atomic E-state index is 0.0933. The van der Waals surface area contributed by atoms with Crippen LogP contribution in [0.15, 0.2) is 18.3 Å². The predicted molar refractivity (Wildman–Crippen MR) is 64.4 cm³/mol. The largest absolute Gasteiger partial charge is 0.478 e. The standard InChI is InChI=1S/C11H12N2O3S/c14-10(13-3-5-17-6-4-13)9-2-1-8(7-12-9)11(15)16/h1-2,7H,3-6H2,(H,15,16). The van der Waals surface area contributed by atoms with Crippen LogP contribution in [0.5, 0.6) is 0 Å². The van der Waals surface area contributed by atoms with Crippen molar-refractivity contribution >= 4 is 23.6 Å². The van der Waals surface area contributed by atoms with Gasteiger partial charge in [-0.3, -0.25) is 9.78 Å². The summed E-state index contributed by atoms with van der Waals surface area (Å²) < 4.78 is 0. The van der Waals surface area contributed by atoms with E-state index < -0.39 is 5.97 Å². The molecule has 1 aliphatic rings. The Balaban J connectivity index is 2.10. The van der Waals surface area contributed by atoms with E-state index in [0.29, 0.717) is 5.69 Å². The van der Waals surface area contributed by atoms with Crippen molar-refractivity contribution in [3.63, 3.8) is 0 Å². The fourth-order valence-corrected chi connectivity index (χ4v) is 2.48. The maximum absolute atomic E-state index is 12.0. The minimum atomic E-state index is -1.04. The SMILES string of the molecule is O=C(O)c1ccc(C(=O)N2CCSCC2)nc1. The predicted octanol–water partition coefficient (Wildman–Crippen LogP) is 0.969. The smallest absolute Gasteiger partial charge is 0.337 e. The Bertz CT molecular complexity index is 427. The summed E-state index contributed by atoms with van der Waals surface area (Å²) in [6.45, 7) is 1.46. The highest BCUT2D eigenvalue weighted by Crippen LogP contribution is 2.12. The van der Waals surface area contributed by atoms with Gasteiger partial charge in [-0.15, -0.1) is 0 Å². The van der Waals surface area contributed by atoms with Crippen LogP contribution in [0.3, 0.4) is 0 Å².